The molecule has 0 aromatic heterocycles. The van der Waals surface area contributed by atoms with Crippen LogP contribution in [0, 0.1) is 0 Å². The number of halogens is 2. The molecule has 0 spiro atoms. The predicted molar refractivity (Wildman–Crippen MR) is 155 cm³/mol. The van der Waals surface area contributed by atoms with Crippen molar-refractivity contribution in [1.82, 2.24) is 10.2 Å². The summed E-state index contributed by atoms with van der Waals surface area (Å²) in [5.41, 5.74) is 1.72. The Balaban J connectivity index is 1.85. The van der Waals surface area contributed by atoms with Crippen molar-refractivity contribution in [2.24, 2.45) is 0 Å². The van der Waals surface area contributed by atoms with Crippen LogP contribution in [0.5, 0.6) is 5.75 Å². The minimum Gasteiger partial charge on any atom is -0.489 e. The number of hydrogen-bond donors (Lipinski definition) is 1. The first-order valence-corrected chi connectivity index (χ1v) is 14.9. The zero-order chi connectivity index (χ0) is 28.6. The second-order valence-electron chi connectivity index (χ2n) is 8.83. The van der Waals surface area contributed by atoms with Gasteiger partial charge in [0.2, 0.25) is 21.8 Å². The molecule has 3 aromatic carbocycles. The molecule has 208 valence electrons. The van der Waals surface area contributed by atoms with Crippen LogP contribution in [0.2, 0.25) is 10.0 Å². The van der Waals surface area contributed by atoms with Crippen LogP contribution in [-0.2, 0) is 32.8 Å². The van der Waals surface area contributed by atoms with Crippen molar-refractivity contribution >= 4 is 50.7 Å². The zero-order valence-electron chi connectivity index (χ0n) is 21.9. The summed E-state index contributed by atoms with van der Waals surface area (Å²) in [6.45, 7) is 3.43. The van der Waals surface area contributed by atoms with E-state index in [0.29, 0.717) is 34.5 Å². The topological polar surface area (TPSA) is 96.0 Å². The molecule has 0 unspecified atom stereocenters. The van der Waals surface area contributed by atoms with Crippen LogP contribution < -0.4 is 14.4 Å². The van der Waals surface area contributed by atoms with Gasteiger partial charge in [-0.1, -0.05) is 59.6 Å². The summed E-state index contributed by atoms with van der Waals surface area (Å²) in [6.07, 6.45) is 1.02. The molecular formula is C28H31Cl2N3O5S. The molecule has 0 aliphatic carbocycles. The highest BCUT2D eigenvalue weighted by Crippen LogP contribution is 2.27. The number of ether oxygens (including phenoxy) is 1. The molecule has 0 aliphatic rings. The minimum absolute atomic E-state index is 0.0838. The molecule has 39 heavy (non-hydrogen) atoms. The molecule has 0 radical (unpaired) electrons. The fraction of sp³-hybridized carbons (Fsp3) is 0.286. The molecule has 8 nitrogen and oxygen atoms in total. The molecule has 0 heterocycles. The van der Waals surface area contributed by atoms with E-state index in [0.717, 1.165) is 16.1 Å². The number of hydrogen-bond acceptors (Lipinski definition) is 5. The van der Waals surface area contributed by atoms with E-state index >= 15 is 0 Å². The van der Waals surface area contributed by atoms with Gasteiger partial charge in [0.1, 0.15) is 24.9 Å². The van der Waals surface area contributed by atoms with Crippen molar-refractivity contribution in [3.63, 3.8) is 0 Å². The summed E-state index contributed by atoms with van der Waals surface area (Å²) >= 11 is 12.7. The summed E-state index contributed by atoms with van der Waals surface area (Å²) in [5.74, 6) is -0.443. The first kappa shape index (κ1) is 30.3. The number of nitrogens with zero attached hydrogens (tertiary/aromatic N) is 2. The lowest BCUT2D eigenvalue weighted by molar-refractivity contribution is -0.139. The highest BCUT2D eigenvalue weighted by Gasteiger charge is 2.30. The van der Waals surface area contributed by atoms with E-state index in [1.54, 1.807) is 56.3 Å². The quantitative estimate of drug-likeness (QED) is 0.323. The van der Waals surface area contributed by atoms with Crippen molar-refractivity contribution in [2.45, 2.75) is 33.0 Å². The predicted octanol–water partition coefficient (Wildman–Crippen LogP) is 4.89. The molecule has 3 aromatic rings. The smallest absolute Gasteiger partial charge is 0.244 e. The van der Waals surface area contributed by atoms with E-state index in [2.05, 4.69) is 5.32 Å². The average Bonchev–Trinajstić information content (AvgIpc) is 2.90. The Morgan fingerprint density at radius 2 is 1.56 bits per heavy atom. The van der Waals surface area contributed by atoms with Crippen molar-refractivity contribution in [2.75, 3.05) is 23.7 Å². The fourth-order valence-corrected chi connectivity index (χ4v) is 5.19. The number of anilines is 1. The van der Waals surface area contributed by atoms with Crippen molar-refractivity contribution in [3.05, 3.63) is 94.0 Å². The summed E-state index contributed by atoms with van der Waals surface area (Å²) in [5, 5.41) is 3.35. The minimum atomic E-state index is -3.87. The normalized spacial score (nSPS) is 11.9. The number of carbonyl (C=O) groups is 2. The van der Waals surface area contributed by atoms with Crippen LogP contribution in [0.3, 0.4) is 0 Å². The summed E-state index contributed by atoms with van der Waals surface area (Å²) in [4.78, 5) is 27.6. The number of nitrogens with one attached hydrogen (secondary N) is 1. The molecule has 1 atom stereocenters. The Labute approximate surface area is 239 Å². The maximum absolute atomic E-state index is 13.6. The summed E-state index contributed by atoms with van der Waals surface area (Å²) in [7, 11) is -3.87. The average molecular weight is 593 g/mol. The molecule has 11 heteroatoms. The third-order valence-electron chi connectivity index (χ3n) is 5.96. The fourth-order valence-electron chi connectivity index (χ4n) is 3.82. The highest BCUT2D eigenvalue weighted by molar-refractivity contribution is 7.92. The third-order valence-corrected chi connectivity index (χ3v) is 7.81. The van der Waals surface area contributed by atoms with Gasteiger partial charge in [0.25, 0.3) is 0 Å². The molecule has 1 N–H and O–H groups in total. The van der Waals surface area contributed by atoms with Gasteiger partial charge in [-0.05, 0) is 55.8 Å². The summed E-state index contributed by atoms with van der Waals surface area (Å²) in [6, 6.07) is 20.1. The third kappa shape index (κ3) is 8.36. The molecule has 0 saturated heterocycles. The maximum Gasteiger partial charge on any atom is 0.244 e. The second kappa shape index (κ2) is 13.7. The summed E-state index contributed by atoms with van der Waals surface area (Å²) < 4.78 is 32.3. The largest absolute Gasteiger partial charge is 0.489 e. The van der Waals surface area contributed by atoms with Gasteiger partial charge in [0, 0.05) is 28.7 Å². The van der Waals surface area contributed by atoms with Gasteiger partial charge in [-0.25, -0.2) is 8.42 Å². The molecule has 0 fully saturated rings. The molecular weight excluding hydrogens is 561 g/mol. The molecule has 3 rings (SSSR count). The second-order valence-corrected chi connectivity index (χ2v) is 11.6. The number of benzene rings is 3. The van der Waals surface area contributed by atoms with Crippen LogP contribution in [0.25, 0.3) is 0 Å². The number of amides is 2. The lowest BCUT2D eigenvalue weighted by Crippen LogP contribution is -2.51. The van der Waals surface area contributed by atoms with Crippen molar-refractivity contribution < 1.29 is 22.7 Å². The molecule has 0 bridgehead atoms. The molecule has 0 aliphatic heterocycles. The first-order valence-electron chi connectivity index (χ1n) is 12.3. The first-order chi connectivity index (χ1) is 18.5. The number of likely N-dealkylation sites (N-methyl/N-ethyl adjacent to an activating group) is 1. The number of rotatable bonds is 12. The van der Waals surface area contributed by atoms with E-state index in [4.69, 9.17) is 27.9 Å². The Bertz CT molecular complexity index is 1370. The SMILES string of the molecule is CCNC(=O)[C@@H](C)N(Cc1c(Cl)cccc1Cl)C(=O)CN(c1ccc(OCc2ccccc2)cc1)S(C)(=O)=O. The Kier molecular flexibility index (Phi) is 10.6. The number of carbonyl (C=O) groups excluding carboxylic acids is 2. The maximum atomic E-state index is 13.6. The molecule has 0 saturated carbocycles. The van der Waals surface area contributed by atoms with Gasteiger partial charge in [-0.15, -0.1) is 0 Å². The monoisotopic (exact) mass is 591 g/mol. The van der Waals surface area contributed by atoms with E-state index in [9.17, 15) is 18.0 Å². The van der Waals surface area contributed by atoms with Gasteiger partial charge in [0.15, 0.2) is 0 Å². The number of sulfonamides is 1. The van der Waals surface area contributed by atoms with Crippen LogP contribution in [0.4, 0.5) is 5.69 Å². The van der Waals surface area contributed by atoms with Gasteiger partial charge in [-0.3, -0.25) is 13.9 Å². The van der Waals surface area contributed by atoms with Crippen LogP contribution in [0.15, 0.2) is 72.8 Å². The van der Waals surface area contributed by atoms with Gasteiger partial charge < -0.3 is 15.0 Å². The van der Waals surface area contributed by atoms with Crippen LogP contribution in [0.1, 0.15) is 25.0 Å². The highest BCUT2D eigenvalue weighted by atomic mass is 35.5. The van der Waals surface area contributed by atoms with E-state index < -0.39 is 28.5 Å². The lowest BCUT2D eigenvalue weighted by Gasteiger charge is -2.31. The Morgan fingerprint density at radius 3 is 2.13 bits per heavy atom. The van der Waals surface area contributed by atoms with Gasteiger partial charge in [-0.2, -0.15) is 0 Å². The van der Waals surface area contributed by atoms with Crippen LogP contribution in [-0.4, -0.2) is 50.5 Å². The Morgan fingerprint density at radius 1 is 0.949 bits per heavy atom. The van der Waals surface area contributed by atoms with Crippen molar-refractivity contribution in [3.8, 4) is 5.75 Å². The van der Waals surface area contributed by atoms with Gasteiger partial charge >= 0.3 is 0 Å². The van der Waals surface area contributed by atoms with Crippen molar-refractivity contribution in [1.29, 1.82) is 0 Å². The lowest BCUT2D eigenvalue weighted by atomic mass is 10.1. The van der Waals surface area contributed by atoms with Gasteiger partial charge in [0.05, 0.1) is 11.9 Å². The van der Waals surface area contributed by atoms with E-state index in [1.807, 2.05) is 30.3 Å². The Hall–Kier alpha value is -3.27. The van der Waals surface area contributed by atoms with E-state index in [-0.39, 0.29) is 18.1 Å². The standard InChI is InChI=1S/C28H31Cl2N3O5S/c1-4-31-28(35)20(2)32(17-24-25(29)11-8-12-26(24)30)27(34)18-33(39(3,36)37)22-13-15-23(16-14-22)38-19-21-9-6-5-7-10-21/h5-16,20H,4,17-19H2,1-3H3,(H,31,35)/t20-/m1/s1. The van der Waals surface area contributed by atoms with Crippen LogP contribution >= 0.6 is 23.2 Å². The zero-order valence-corrected chi connectivity index (χ0v) is 24.3. The molecule has 2 amide bonds. The van der Waals surface area contributed by atoms with E-state index in [1.165, 1.54) is 4.90 Å².